The van der Waals surface area contributed by atoms with Gasteiger partial charge in [-0.25, -0.2) is 9.97 Å². The molecule has 1 aliphatic heterocycles. The number of aromatic amines is 1. The minimum Gasteiger partial charge on any atom is -0.398 e. The van der Waals surface area contributed by atoms with Crippen LogP contribution in [0.25, 0.3) is 11.2 Å². The highest BCUT2D eigenvalue weighted by atomic mass is 16.7. The third-order valence-corrected chi connectivity index (χ3v) is 3.80. The van der Waals surface area contributed by atoms with Crippen LogP contribution in [0, 0.1) is 0 Å². The van der Waals surface area contributed by atoms with Crippen LogP contribution in [0.3, 0.4) is 0 Å². The smallest absolute Gasteiger partial charge is 0.398 e. The van der Waals surface area contributed by atoms with Crippen molar-refractivity contribution in [1.29, 1.82) is 0 Å². The van der Waals surface area contributed by atoms with Crippen LogP contribution in [0.1, 0.15) is 27.7 Å². The molecule has 6 heteroatoms. The monoisotopic (exact) mass is 245 g/mol. The summed E-state index contributed by atoms with van der Waals surface area (Å²) in [4.78, 5) is 11.6. The van der Waals surface area contributed by atoms with E-state index in [1.54, 1.807) is 6.33 Å². The van der Waals surface area contributed by atoms with E-state index in [1.807, 2.05) is 39.8 Å². The molecule has 3 heterocycles. The highest BCUT2D eigenvalue weighted by molar-refractivity contribution is 6.61. The zero-order valence-electron chi connectivity index (χ0n) is 11.0. The summed E-state index contributed by atoms with van der Waals surface area (Å²) in [7, 11) is -0.434. The Morgan fingerprint density at radius 1 is 1.11 bits per heavy atom. The Bertz CT molecular complexity index is 578. The fourth-order valence-electron chi connectivity index (χ4n) is 1.93. The molecular formula is C12H16BN3O2. The van der Waals surface area contributed by atoms with Crippen molar-refractivity contribution in [2.75, 3.05) is 0 Å². The molecule has 0 aromatic carbocycles. The second-order valence-electron chi connectivity index (χ2n) is 5.60. The molecular weight excluding hydrogens is 229 g/mol. The normalized spacial score (nSPS) is 21.7. The Kier molecular flexibility index (Phi) is 2.31. The molecule has 0 radical (unpaired) electrons. The third-order valence-electron chi connectivity index (χ3n) is 3.80. The van der Waals surface area contributed by atoms with Crippen LogP contribution in [0.5, 0.6) is 0 Å². The first-order chi connectivity index (χ1) is 8.39. The number of aromatic nitrogens is 3. The maximum Gasteiger partial charge on any atom is 0.514 e. The number of hydrogen-bond donors (Lipinski definition) is 1. The Balaban J connectivity index is 1.96. The van der Waals surface area contributed by atoms with E-state index in [1.165, 1.54) is 0 Å². The lowest BCUT2D eigenvalue weighted by molar-refractivity contribution is 0.00578. The molecule has 1 saturated heterocycles. The number of fused-ring (bicyclic) bond motifs is 1. The topological polar surface area (TPSA) is 60.0 Å². The van der Waals surface area contributed by atoms with E-state index in [2.05, 4.69) is 15.0 Å². The van der Waals surface area contributed by atoms with Crippen LogP contribution >= 0.6 is 0 Å². The zero-order chi connectivity index (χ0) is 13.0. The van der Waals surface area contributed by atoms with Crippen molar-refractivity contribution in [2.45, 2.75) is 38.9 Å². The molecule has 2 aromatic rings. The average Bonchev–Trinajstić information content (AvgIpc) is 2.80. The van der Waals surface area contributed by atoms with Gasteiger partial charge in [-0.2, -0.15) is 0 Å². The Morgan fingerprint density at radius 2 is 1.78 bits per heavy atom. The Labute approximate surface area is 106 Å². The van der Waals surface area contributed by atoms with E-state index < -0.39 is 7.12 Å². The quantitative estimate of drug-likeness (QED) is 0.768. The summed E-state index contributed by atoms with van der Waals surface area (Å²) in [6.45, 7) is 8.11. The van der Waals surface area contributed by atoms with Gasteiger partial charge in [0.1, 0.15) is 0 Å². The minimum atomic E-state index is -0.434. The summed E-state index contributed by atoms with van der Waals surface area (Å²) in [5.74, 6) is 0. The number of nitrogens with one attached hydrogen (secondary N) is 1. The highest BCUT2D eigenvalue weighted by Crippen LogP contribution is 2.36. The first-order valence-corrected chi connectivity index (χ1v) is 6.05. The van der Waals surface area contributed by atoms with Crippen LogP contribution in [0.2, 0.25) is 0 Å². The molecule has 0 saturated carbocycles. The standard InChI is InChI=1S/C12H16BN3O2/c1-11(2)12(3,4)18-13(17-11)9-6-5-8-10(16-9)15-7-14-8/h5-7H,1-4H3,(H,14,15,16). The lowest BCUT2D eigenvalue weighted by Gasteiger charge is -2.32. The van der Waals surface area contributed by atoms with Gasteiger partial charge in [0.05, 0.1) is 28.6 Å². The van der Waals surface area contributed by atoms with Crippen molar-refractivity contribution in [3.05, 3.63) is 18.5 Å². The number of imidazole rings is 1. The van der Waals surface area contributed by atoms with E-state index in [9.17, 15) is 0 Å². The first kappa shape index (κ1) is 11.7. The van der Waals surface area contributed by atoms with Gasteiger partial charge in [-0.05, 0) is 39.8 Å². The van der Waals surface area contributed by atoms with E-state index in [0.717, 1.165) is 11.1 Å². The number of rotatable bonds is 1. The molecule has 0 atom stereocenters. The summed E-state index contributed by atoms with van der Waals surface area (Å²) in [5.41, 5.74) is 1.66. The summed E-state index contributed by atoms with van der Waals surface area (Å²) in [6.07, 6.45) is 1.63. The fourth-order valence-corrected chi connectivity index (χ4v) is 1.93. The fraction of sp³-hybridized carbons (Fsp3) is 0.500. The molecule has 0 unspecified atom stereocenters. The number of pyridine rings is 1. The van der Waals surface area contributed by atoms with Gasteiger partial charge in [0.15, 0.2) is 5.65 Å². The SMILES string of the molecule is CC1(C)OB(c2ccc3[nH]cnc3n2)OC1(C)C. The largest absolute Gasteiger partial charge is 0.514 e. The van der Waals surface area contributed by atoms with Gasteiger partial charge in [-0.3, -0.25) is 0 Å². The number of nitrogens with zero attached hydrogens (tertiary/aromatic N) is 2. The second-order valence-corrected chi connectivity index (χ2v) is 5.60. The molecule has 1 fully saturated rings. The summed E-state index contributed by atoms with van der Waals surface area (Å²) < 4.78 is 11.9. The highest BCUT2D eigenvalue weighted by Gasteiger charge is 2.52. The molecule has 0 spiro atoms. The average molecular weight is 245 g/mol. The van der Waals surface area contributed by atoms with E-state index in [4.69, 9.17) is 9.31 Å². The van der Waals surface area contributed by atoms with Crippen LogP contribution in [0.15, 0.2) is 18.5 Å². The van der Waals surface area contributed by atoms with Crippen molar-refractivity contribution in [2.24, 2.45) is 0 Å². The molecule has 18 heavy (non-hydrogen) atoms. The second kappa shape index (κ2) is 3.55. The van der Waals surface area contributed by atoms with Gasteiger partial charge in [0, 0.05) is 0 Å². The van der Waals surface area contributed by atoms with E-state index in [0.29, 0.717) is 5.65 Å². The van der Waals surface area contributed by atoms with E-state index >= 15 is 0 Å². The van der Waals surface area contributed by atoms with Gasteiger partial charge < -0.3 is 14.3 Å². The van der Waals surface area contributed by atoms with Crippen LogP contribution in [0.4, 0.5) is 0 Å². The maximum absolute atomic E-state index is 5.95. The summed E-state index contributed by atoms with van der Waals surface area (Å²) in [6, 6.07) is 3.85. The van der Waals surface area contributed by atoms with Gasteiger partial charge in [0.2, 0.25) is 0 Å². The summed E-state index contributed by atoms with van der Waals surface area (Å²) in [5, 5.41) is 0. The Hall–Kier alpha value is -1.40. The lowest BCUT2D eigenvalue weighted by atomic mass is 9.84. The number of hydrogen-bond acceptors (Lipinski definition) is 4. The maximum atomic E-state index is 5.95. The first-order valence-electron chi connectivity index (χ1n) is 6.05. The zero-order valence-corrected chi connectivity index (χ0v) is 11.0. The molecule has 0 bridgehead atoms. The Morgan fingerprint density at radius 3 is 2.44 bits per heavy atom. The molecule has 3 rings (SSSR count). The third kappa shape index (κ3) is 1.64. The summed E-state index contributed by atoms with van der Waals surface area (Å²) >= 11 is 0. The van der Waals surface area contributed by atoms with Crippen molar-refractivity contribution in [3.8, 4) is 0 Å². The van der Waals surface area contributed by atoms with Crippen molar-refractivity contribution >= 4 is 23.9 Å². The predicted octanol–water partition coefficient (Wildman–Crippen LogP) is 1.26. The molecule has 2 aromatic heterocycles. The molecule has 0 amide bonds. The van der Waals surface area contributed by atoms with Crippen molar-refractivity contribution in [3.63, 3.8) is 0 Å². The minimum absolute atomic E-state index is 0.347. The number of H-pyrrole nitrogens is 1. The van der Waals surface area contributed by atoms with Crippen molar-refractivity contribution in [1.82, 2.24) is 15.0 Å². The van der Waals surface area contributed by atoms with Crippen LogP contribution in [-0.2, 0) is 9.31 Å². The predicted molar refractivity (Wildman–Crippen MR) is 69.6 cm³/mol. The molecule has 1 aliphatic rings. The lowest BCUT2D eigenvalue weighted by Crippen LogP contribution is -2.41. The van der Waals surface area contributed by atoms with Gasteiger partial charge >= 0.3 is 7.12 Å². The van der Waals surface area contributed by atoms with Crippen molar-refractivity contribution < 1.29 is 9.31 Å². The molecule has 1 N–H and O–H groups in total. The molecule has 5 nitrogen and oxygen atoms in total. The van der Waals surface area contributed by atoms with Gasteiger partial charge in [0.25, 0.3) is 0 Å². The van der Waals surface area contributed by atoms with Crippen LogP contribution in [-0.4, -0.2) is 33.3 Å². The van der Waals surface area contributed by atoms with Gasteiger partial charge in [-0.1, -0.05) is 0 Å². The molecule has 0 aliphatic carbocycles. The molecule has 94 valence electrons. The van der Waals surface area contributed by atoms with E-state index in [-0.39, 0.29) is 11.2 Å². The van der Waals surface area contributed by atoms with Gasteiger partial charge in [-0.15, -0.1) is 0 Å². The van der Waals surface area contributed by atoms with Crippen LogP contribution < -0.4 is 5.59 Å².